The number of ether oxygens (including phenoxy) is 1. The molecule has 21 heavy (non-hydrogen) atoms. The van der Waals surface area contributed by atoms with Gasteiger partial charge >= 0.3 is 6.18 Å². The first-order valence-corrected chi connectivity index (χ1v) is 6.01. The minimum atomic E-state index is -4.48. The molecule has 0 amide bonds. The Morgan fingerprint density at radius 1 is 1.24 bits per heavy atom. The van der Waals surface area contributed by atoms with Crippen LogP contribution in [0.1, 0.15) is 25.2 Å². The van der Waals surface area contributed by atoms with Crippen LogP contribution in [0.25, 0.3) is 11.5 Å². The molecule has 2 aromatic rings. The molecule has 5 nitrogen and oxygen atoms in total. The number of hydrogen-bond acceptors (Lipinski definition) is 5. The molecule has 1 heterocycles. The van der Waals surface area contributed by atoms with Gasteiger partial charge in [-0.25, -0.2) is 0 Å². The van der Waals surface area contributed by atoms with E-state index in [0.717, 1.165) is 18.2 Å². The number of halogens is 3. The van der Waals surface area contributed by atoms with E-state index >= 15 is 0 Å². The van der Waals surface area contributed by atoms with Crippen LogP contribution in [0.2, 0.25) is 0 Å². The summed E-state index contributed by atoms with van der Waals surface area (Å²) in [5, 5.41) is 3.72. The Kier molecular flexibility index (Phi) is 3.66. The Labute approximate surface area is 118 Å². The van der Waals surface area contributed by atoms with Crippen LogP contribution in [0, 0.1) is 0 Å². The van der Waals surface area contributed by atoms with E-state index in [0.29, 0.717) is 0 Å². The van der Waals surface area contributed by atoms with Gasteiger partial charge in [-0.2, -0.15) is 18.2 Å². The normalized spacial score (nSPS) is 12.7. The van der Waals surface area contributed by atoms with Crippen molar-refractivity contribution in [3.8, 4) is 11.5 Å². The zero-order valence-corrected chi connectivity index (χ0v) is 11.7. The fraction of sp³-hybridized carbons (Fsp3) is 0.385. The number of nitrogens with zero attached hydrogens (tertiary/aromatic N) is 2. The number of alkyl halides is 3. The zero-order valence-electron chi connectivity index (χ0n) is 11.7. The lowest BCUT2D eigenvalue weighted by atomic mass is 10.1. The third kappa shape index (κ3) is 2.99. The van der Waals surface area contributed by atoms with Gasteiger partial charge < -0.3 is 15.0 Å². The number of benzene rings is 1. The van der Waals surface area contributed by atoms with Crippen LogP contribution in [-0.2, 0) is 16.5 Å². The van der Waals surface area contributed by atoms with Gasteiger partial charge in [0.1, 0.15) is 5.60 Å². The largest absolute Gasteiger partial charge is 0.416 e. The van der Waals surface area contributed by atoms with Crippen LogP contribution in [0.5, 0.6) is 0 Å². The molecule has 0 aliphatic rings. The average molecular weight is 301 g/mol. The molecule has 8 heteroatoms. The molecule has 0 saturated heterocycles. The lowest BCUT2D eigenvalue weighted by molar-refractivity contribution is -0.137. The molecule has 1 aromatic heterocycles. The number of nitrogen functional groups attached to an aromatic ring is 1. The van der Waals surface area contributed by atoms with E-state index in [-0.39, 0.29) is 23.0 Å². The number of nitrogens with two attached hydrogens (primary N) is 1. The molecule has 0 fully saturated rings. The fourth-order valence-corrected chi connectivity index (χ4v) is 1.59. The lowest BCUT2D eigenvalue weighted by Gasteiger charge is -2.17. The first-order valence-electron chi connectivity index (χ1n) is 6.01. The Balaban J connectivity index is 2.48. The van der Waals surface area contributed by atoms with Gasteiger partial charge in [-0.15, -0.1) is 0 Å². The van der Waals surface area contributed by atoms with Gasteiger partial charge in [0.25, 0.3) is 5.89 Å². The summed E-state index contributed by atoms with van der Waals surface area (Å²) >= 11 is 0. The topological polar surface area (TPSA) is 74.2 Å². The highest BCUT2D eigenvalue weighted by molar-refractivity contribution is 5.71. The van der Waals surface area contributed by atoms with Gasteiger partial charge in [-0.3, -0.25) is 0 Å². The maximum absolute atomic E-state index is 12.7. The maximum Gasteiger partial charge on any atom is 0.416 e. The van der Waals surface area contributed by atoms with E-state index in [4.69, 9.17) is 15.0 Å². The summed E-state index contributed by atoms with van der Waals surface area (Å²) in [4.78, 5) is 4.06. The minimum absolute atomic E-state index is 0.0375. The molecule has 2 rings (SSSR count). The van der Waals surface area contributed by atoms with E-state index < -0.39 is 17.3 Å². The molecule has 1 aromatic carbocycles. The van der Waals surface area contributed by atoms with E-state index in [1.165, 1.54) is 7.11 Å². The first-order chi connectivity index (χ1) is 9.65. The Morgan fingerprint density at radius 3 is 2.48 bits per heavy atom. The second-order valence-corrected chi connectivity index (χ2v) is 4.94. The maximum atomic E-state index is 12.7. The van der Waals surface area contributed by atoms with Crippen molar-refractivity contribution in [2.24, 2.45) is 0 Å². The molecule has 0 unspecified atom stereocenters. The van der Waals surface area contributed by atoms with Crippen LogP contribution in [0.3, 0.4) is 0 Å². The molecule has 0 aliphatic carbocycles. The zero-order chi connectivity index (χ0) is 15.8. The average Bonchev–Trinajstić information content (AvgIpc) is 2.88. The molecule has 0 bridgehead atoms. The summed E-state index contributed by atoms with van der Waals surface area (Å²) in [7, 11) is 1.47. The number of aromatic nitrogens is 2. The van der Waals surface area contributed by atoms with Gasteiger partial charge in [-0.05, 0) is 32.0 Å². The SMILES string of the molecule is COC(C)(C)c1noc(-c2cc(C(F)(F)F)ccc2N)n1. The van der Waals surface area contributed by atoms with Gasteiger partial charge in [0.2, 0.25) is 5.82 Å². The molecule has 0 aliphatic heterocycles. The lowest BCUT2D eigenvalue weighted by Crippen LogP contribution is -2.21. The van der Waals surface area contributed by atoms with Crippen molar-refractivity contribution < 1.29 is 22.4 Å². The molecule has 0 atom stereocenters. The van der Waals surface area contributed by atoms with Gasteiger partial charge in [0.15, 0.2) is 0 Å². The predicted octanol–water partition coefficient (Wildman–Crippen LogP) is 3.22. The molecule has 0 saturated carbocycles. The highest BCUT2D eigenvalue weighted by atomic mass is 19.4. The van der Waals surface area contributed by atoms with Crippen LogP contribution >= 0.6 is 0 Å². The third-order valence-electron chi connectivity index (χ3n) is 3.09. The number of rotatable bonds is 3. The number of hydrogen-bond donors (Lipinski definition) is 1. The van der Waals surface area contributed by atoms with Crippen molar-refractivity contribution >= 4 is 5.69 Å². The second-order valence-electron chi connectivity index (χ2n) is 4.94. The van der Waals surface area contributed by atoms with E-state index in [1.807, 2.05) is 0 Å². The van der Waals surface area contributed by atoms with Crippen LogP contribution in [0.15, 0.2) is 22.7 Å². The quantitative estimate of drug-likeness (QED) is 0.881. The summed E-state index contributed by atoms with van der Waals surface area (Å²) in [6, 6.07) is 2.94. The summed E-state index contributed by atoms with van der Waals surface area (Å²) in [6.45, 7) is 3.41. The van der Waals surface area contributed by atoms with E-state index in [2.05, 4.69) is 10.1 Å². The fourth-order valence-electron chi connectivity index (χ4n) is 1.59. The third-order valence-corrected chi connectivity index (χ3v) is 3.09. The van der Waals surface area contributed by atoms with Crippen LogP contribution in [-0.4, -0.2) is 17.3 Å². The van der Waals surface area contributed by atoms with Crippen LogP contribution < -0.4 is 5.73 Å². The second kappa shape index (κ2) is 5.03. The highest BCUT2D eigenvalue weighted by Gasteiger charge is 2.32. The molecular formula is C13H14F3N3O2. The summed E-state index contributed by atoms with van der Waals surface area (Å²) in [6.07, 6.45) is -4.48. The minimum Gasteiger partial charge on any atom is -0.398 e. The van der Waals surface area contributed by atoms with Gasteiger partial charge in [-0.1, -0.05) is 5.16 Å². The molecule has 2 N–H and O–H groups in total. The number of anilines is 1. The van der Waals surface area contributed by atoms with Crippen molar-refractivity contribution in [3.05, 3.63) is 29.6 Å². The van der Waals surface area contributed by atoms with Gasteiger partial charge in [0.05, 0.1) is 11.1 Å². The monoisotopic (exact) mass is 301 g/mol. The van der Waals surface area contributed by atoms with Crippen molar-refractivity contribution in [2.75, 3.05) is 12.8 Å². The van der Waals surface area contributed by atoms with Gasteiger partial charge in [0, 0.05) is 12.8 Å². The van der Waals surface area contributed by atoms with Crippen LogP contribution in [0.4, 0.5) is 18.9 Å². The van der Waals surface area contributed by atoms with E-state index in [1.54, 1.807) is 13.8 Å². The predicted molar refractivity (Wildman–Crippen MR) is 69.2 cm³/mol. The molecule has 0 radical (unpaired) electrons. The first kappa shape index (κ1) is 15.3. The van der Waals surface area contributed by atoms with Crippen molar-refractivity contribution in [3.63, 3.8) is 0 Å². The molecular weight excluding hydrogens is 287 g/mol. The highest BCUT2D eigenvalue weighted by Crippen LogP contribution is 2.35. The summed E-state index contributed by atoms with van der Waals surface area (Å²) < 4.78 is 48.4. The van der Waals surface area contributed by atoms with Crippen molar-refractivity contribution in [1.29, 1.82) is 0 Å². The molecule has 0 spiro atoms. The standard InChI is InChI=1S/C13H14F3N3O2/c1-12(2,20-3)11-18-10(21-19-11)8-6-7(13(14,15)16)4-5-9(8)17/h4-6H,17H2,1-3H3. The number of methoxy groups -OCH3 is 1. The van der Waals surface area contributed by atoms with Crippen molar-refractivity contribution in [2.45, 2.75) is 25.6 Å². The summed E-state index contributed by atoms with van der Waals surface area (Å²) in [5.74, 6) is 0.135. The van der Waals surface area contributed by atoms with Crippen molar-refractivity contribution in [1.82, 2.24) is 10.1 Å². The Bertz CT molecular complexity index is 650. The Hall–Kier alpha value is -2.09. The smallest absolute Gasteiger partial charge is 0.398 e. The summed E-state index contributed by atoms with van der Waals surface area (Å²) in [5.41, 5.74) is 4.19. The molecule has 114 valence electrons. The van der Waals surface area contributed by atoms with E-state index in [9.17, 15) is 13.2 Å². The Morgan fingerprint density at radius 2 is 1.90 bits per heavy atom.